The molecule has 0 fully saturated rings. The van der Waals surface area contributed by atoms with E-state index in [4.69, 9.17) is 0 Å². The Bertz CT molecular complexity index is 1040. The average Bonchev–Trinajstić information content (AvgIpc) is 2.77. The van der Waals surface area contributed by atoms with Crippen LogP contribution in [0.3, 0.4) is 0 Å². The molecule has 7 aliphatic heterocycles. The first-order valence-corrected chi connectivity index (χ1v) is 14.6. The second-order valence-corrected chi connectivity index (χ2v) is 14.3. The van der Waals surface area contributed by atoms with Crippen molar-refractivity contribution < 1.29 is 42.4 Å². The van der Waals surface area contributed by atoms with Gasteiger partial charge in [0, 0.05) is 5.41 Å². The number of benzene rings is 4. The number of hydrogen-bond donors (Lipinski definition) is 0. The molecule has 0 radical (unpaired) electrons. The van der Waals surface area contributed by atoms with Crippen molar-refractivity contribution >= 4 is 0 Å². The van der Waals surface area contributed by atoms with Crippen LogP contribution in [0.25, 0.3) is 0 Å². The molecule has 4 aromatic carbocycles. The summed E-state index contributed by atoms with van der Waals surface area (Å²) in [5.74, 6) is 0. The van der Waals surface area contributed by atoms with Gasteiger partial charge in [0.2, 0.25) is 0 Å². The molecular weight excluding hydrogens is 590 g/mol. The highest BCUT2D eigenvalue weighted by Crippen LogP contribution is 2.30. The van der Waals surface area contributed by atoms with E-state index in [1.54, 1.807) is 0 Å². The van der Waals surface area contributed by atoms with Crippen molar-refractivity contribution in [1.29, 1.82) is 0 Å². The van der Waals surface area contributed by atoms with Crippen molar-refractivity contribution in [2.45, 2.75) is 25.7 Å². The van der Waals surface area contributed by atoms with Gasteiger partial charge >= 0.3 is 42.4 Å². The zero-order chi connectivity index (χ0) is 20.6. The molecule has 0 saturated carbocycles. The Hall–Kier alpha value is -1.66. The quantitative estimate of drug-likeness (QED) is 0.248. The topological polar surface area (TPSA) is 0 Å². The lowest BCUT2D eigenvalue weighted by Crippen LogP contribution is -3.61. The van der Waals surface area contributed by atoms with Gasteiger partial charge in [-0.1, -0.05) is 62.4 Å². The molecule has 148 valence electrons. The van der Waals surface area contributed by atoms with Crippen LogP contribution in [0.15, 0.2) is 97.1 Å². The Morgan fingerprint density at radius 3 is 1.10 bits per heavy atom. The second kappa shape index (κ2) is 8.46. The van der Waals surface area contributed by atoms with Gasteiger partial charge in [-0.15, -0.1) is 0 Å². The molecule has 11 rings (SSSR count). The summed E-state index contributed by atoms with van der Waals surface area (Å²) in [6.45, 7) is 4.68. The third kappa shape index (κ3) is 4.35. The third-order valence-corrected chi connectivity index (χ3v) is 11.2. The fraction of sp³-hybridized carbons (Fsp3) is 0.143. The molecular formula is C28H24I2+2. The normalized spacial score (nSPS) is 14.9. The number of halogens is 2. The van der Waals surface area contributed by atoms with Gasteiger partial charge in [-0.2, -0.15) is 0 Å². The van der Waals surface area contributed by atoms with Gasteiger partial charge in [-0.05, 0) is 77.2 Å². The maximum atomic E-state index is 2.34. The zero-order valence-corrected chi connectivity index (χ0v) is 21.5. The van der Waals surface area contributed by atoms with E-state index < -0.39 is 0 Å². The summed E-state index contributed by atoms with van der Waals surface area (Å²) in [4.78, 5) is 0. The highest BCUT2D eigenvalue weighted by Gasteiger charge is 2.26. The van der Waals surface area contributed by atoms with Crippen molar-refractivity contribution in [3.05, 3.63) is 134 Å². The molecule has 7 aliphatic rings. The summed E-state index contributed by atoms with van der Waals surface area (Å²) >= 11 is -0.285. The van der Waals surface area contributed by atoms with Crippen LogP contribution in [0, 0.1) is 14.3 Å². The first-order chi connectivity index (χ1) is 14.6. The first kappa shape index (κ1) is 20.3. The summed E-state index contributed by atoms with van der Waals surface area (Å²) in [7, 11) is 0. The minimum Gasteiger partial charge on any atom is -0.0542 e. The van der Waals surface area contributed by atoms with E-state index in [1.165, 1.54) is 36.5 Å². The summed E-state index contributed by atoms with van der Waals surface area (Å²) in [5, 5.41) is 0. The maximum absolute atomic E-state index is 2.34. The monoisotopic (exact) mass is 614 g/mol. The summed E-state index contributed by atoms with van der Waals surface area (Å²) in [5.41, 5.74) is 5.58. The van der Waals surface area contributed by atoms with Gasteiger partial charge in [-0.3, -0.25) is 0 Å². The lowest BCUT2D eigenvalue weighted by molar-refractivity contribution is -0.597. The maximum Gasteiger partial charge on any atom is 0.357 e. The van der Waals surface area contributed by atoms with E-state index in [1.807, 2.05) is 0 Å². The SMILES string of the molecule is CC1(C)c2ccc(cc2)[I+]c2ccc(cc2)Cc2ccc(cc2)[I+]c2ccc1cc2. The minimum absolute atomic E-state index is 0.0117. The molecule has 8 bridgehead atoms. The predicted octanol–water partition coefficient (Wildman–Crippen LogP) is 0.174. The average molecular weight is 614 g/mol. The Morgan fingerprint density at radius 1 is 0.467 bits per heavy atom. The standard InChI is InChI=1S/C28H24I2/c1-28(2)22-7-15-26(16-8-22)29-24-11-3-20(4-12-24)19-21-5-13-25(14-6-21)30-27-17-9-23(28)10-18-27/h3-18H,19H2,1-2H3/q+2. The van der Waals surface area contributed by atoms with Crippen molar-refractivity contribution in [2.75, 3.05) is 0 Å². The molecule has 0 N–H and O–H groups in total. The smallest absolute Gasteiger partial charge is 0.0542 e. The first-order valence-electron chi connectivity index (χ1n) is 10.2. The van der Waals surface area contributed by atoms with Crippen LogP contribution in [-0.2, 0) is 11.8 Å². The van der Waals surface area contributed by atoms with Crippen LogP contribution >= 0.6 is 0 Å². The van der Waals surface area contributed by atoms with Crippen LogP contribution in [-0.4, -0.2) is 0 Å². The highest BCUT2D eigenvalue weighted by molar-refractivity contribution is 5.37. The summed E-state index contributed by atoms with van der Waals surface area (Å²) in [6, 6.07) is 37.3. The molecule has 2 heteroatoms. The Morgan fingerprint density at radius 2 is 0.767 bits per heavy atom. The van der Waals surface area contributed by atoms with Crippen LogP contribution < -0.4 is 42.4 Å². The third-order valence-electron chi connectivity index (χ3n) is 5.80. The van der Waals surface area contributed by atoms with Gasteiger partial charge in [0.05, 0.1) is 0 Å². The van der Waals surface area contributed by atoms with E-state index in [9.17, 15) is 0 Å². The fourth-order valence-corrected chi connectivity index (χ4v) is 8.16. The van der Waals surface area contributed by atoms with Crippen LogP contribution in [0.4, 0.5) is 0 Å². The lowest BCUT2D eigenvalue weighted by Gasteiger charge is -2.25. The minimum atomic E-state index is -0.143. The number of hydrogen-bond acceptors (Lipinski definition) is 0. The van der Waals surface area contributed by atoms with E-state index in [0.29, 0.717) is 0 Å². The molecule has 30 heavy (non-hydrogen) atoms. The molecule has 0 amide bonds. The second-order valence-electron chi connectivity index (χ2n) is 8.26. The molecule has 0 atom stereocenters. The van der Waals surface area contributed by atoms with Crippen molar-refractivity contribution in [3.8, 4) is 0 Å². The van der Waals surface area contributed by atoms with E-state index >= 15 is 0 Å². The largest absolute Gasteiger partial charge is 0.357 e. The van der Waals surface area contributed by atoms with Crippen molar-refractivity contribution in [3.63, 3.8) is 0 Å². The predicted molar refractivity (Wildman–Crippen MR) is 115 cm³/mol. The van der Waals surface area contributed by atoms with Crippen LogP contribution in [0.5, 0.6) is 0 Å². The fourth-order valence-electron chi connectivity index (χ4n) is 3.84. The van der Waals surface area contributed by atoms with E-state index in [0.717, 1.165) is 6.42 Å². The molecule has 7 heterocycles. The highest BCUT2D eigenvalue weighted by atomic mass is 127. The van der Waals surface area contributed by atoms with Crippen molar-refractivity contribution in [2.24, 2.45) is 0 Å². The van der Waals surface area contributed by atoms with Crippen LogP contribution in [0.2, 0.25) is 0 Å². The Labute approximate surface area is 200 Å². The Balaban J connectivity index is 1.56. The molecule has 0 saturated heterocycles. The zero-order valence-electron chi connectivity index (χ0n) is 17.2. The molecule has 0 unspecified atom stereocenters. The van der Waals surface area contributed by atoms with E-state index in [2.05, 4.69) is 111 Å². The molecule has 0 spiro atoms. The van der Waals surface area contributed by atoms with Gasteiger partial charge in [0.15, 0.2) is 14.3 Å². The van der Waals surface area contributed by atoms with Gasteiger partial charge in [-0.25, -0.2) is 0 Å². The Kier molecular flexibility index (Phi) is 5.71. The molecule has 0 nitrogen and oxygen atoms in total. The van der Waals surface area contributed by atoms with E-state index in [-0.39, 0.29) is 47.8 Å². The van der Waals surface area contributed by atoms with Gasteiger partial charge in [0.1, 0.15) is 0 Å². The number of rotatable bonds is 0. The van der Waals surface area contributed by atoms with Gasteiger partial charge < -0.3 is 0 Å². The molecule has 4 aromatic rings. The summed E-state index contributed by atoms with van der Waals surface area (Å²) in [6.07, 6.45) is 1.01. The lowest BCUT2D eigenvalue weighted by atomic mass is 9.78. The van der Waals surface area contributed by atoms with Crippen LogP contribution in [0.1, 0.15) is 36.1 Å². The summed E-state index contributed by atoms with van der Waals surface area (Å²) < 4.78 is 5.92. The van der Waals surface area contributed by atoms with Gasteiger partial charge in [0.25, 0.3) is 0 Å². The molecule has 0 aromatic heterocycles. The molecule has 0 aliphatic carbocycles. The van der Waals surface area contributed by atoms with Crippen molar-refractivity contribution in [1.82, 2.24) is 0 Å².